The molecule has 2 aliphatic heterocycles. The number of nitrogens with zero attached hydrogens (tertiary/aromatic N) is 3. The Morgan fingerprint density at radius 2 is 1.90 bits per heavy atom. The van der Waals surface area contributed by atoms with Crippen LogP contribution >= 0.6 is 0 Å². The SMILES string of the molecule is Cc1noc(C)c1-c1ccc(CN2CC[C@@](O)(c3ccc4ncc(C5CCC(=O)NC5=O)cc4c3F)C(C)(C)C2)cc1. The average molecular weight is 571 g/mol. The summed E-state index contributed by atoms with van der Waals surface area (Å²) in [5.74, 6) is -0.990. The highest BCUT2D eigenvalue weighted by atomic mass is 19.1. The minimum Gasteiger partial charge on any atom is -0.384 e. The maximum atomic E-state index is 16.2. The Balaban J connectivity index is 1.23. The van der Waals surface area contributed by atoms with E-state index in [0.29, 0.717) is 43.6 Å². The normalized spacial score (nSPS) is 22.9. The predicted molar refractivity (Wildman–Crippen MR) is 156 cm³/mol. The van der Waals surface area contributed by atoms with E-state index >= 15 is 4.39 Å². The van der Waals surface area contributed by atoms with Crippen LogP contribution < -0.4 is 5.32 Å². The largest absolute Gasteiger partial charge is 0.384 e. The number of hydrogen-bond donors (Lipinski definition) is 2. The van der Waals surface area contributed by atoms with Gasteiger partial charge in [0.05, 0.1) is 22.7 Å². The van der Waals surface area contributed by atoms with Gasteiger partial charge in [-0.2, -0.15) is 0 Å². The van der Waals surface area contributed by atoms with Gasteiger partial charge in [-0.3, -0.25) is 24.8 Å². The molecule has 2 fully saturated rings. The lowest BCUT2D eigenvalue weighted by Crippen LogP contribution is -2.55. The lowest BCUT2D eigenvalue weighted by Gasteiger charge is -2.50. The zero-order chi connectivity index (χ0) is 29.8. The van der Waals surface area contributed by atoms with Gasteiger partial charge in [0.15, 0.2) is 0 Å². The van der Waals surface area contributed by atoms with Gasteiger partial charge in [-0.15, -0.1) is 0 Å². The Hall–Kier alpha value is -3.95. The smallest absolute Gasteiger partial charge is 0.234 e. The van der Waals surface area contributed by atoms with Crippen molar-refractivity contribution < 1.29 is 23.6 Å². The van der Waals surface area contributed by atoms with E-state index in [1.54, 1.807) is 24.4 Å². The highest BCUT2D eigenvalue weighted by Gasteiger charge is 2.50. The lowest BCUT2D eigenvalue weighted by molar-refractivity contribution is -0.134. The van der Waals surface area contributed by atoms with Crippen molar-refractivity contribution in [2.45, 2.75) is 65.0 Å². The number of pyridine rings is 1. The van der Waals surface area contributed by atoms with Crippen molar-refractivity contribution >= 4 is 22.7 Å². The van der Waals surface area contributed by atoms with E-state index in [4.69, 9.17) is 4.52 Å². The van der Waals surface area contributed by atoms with E-state index in [-0.39, 0.29) is 23.3 Å². The summed E-state index contributed by atoms with van der Waals surface area (Å²) in [6.45, 7) is 9.66. The first-order valence-electron chi connectivity index (χ1n) is 14.4. The Morgan fingerprint density at radius 1 is 1.14 bits per heavy atom. The summed E-state index contributed by atoms with van der Waals surface area (Å²) in [6, 6.07) is 13.4. The molecule has 6 rings (SSSR count). The van der Waals surface area contributed by atoms with Crippen molar-refractivity contribution in [3.63, 3.8) is 0 Å². The Bertz CT molecular complexity index is 1680. The van der Waals surface area contributed by atoms with Gasteiger partial charge in [-0.25, -0.2) is 4.39 Å². The maximum Gasteiger partial charge on any atom is 0.234 e. The van der Waals surface area contributed by atoms with Crippen LogP contribution in [0.15, 0.2) is 53.2 Å². The average Bonchev–Trinajstić information content (AvgIpc) is 3.29. The monoisotopic (exact) mass is 570 g/mol. The summed E-state index contributed by atoms with van der Waals surface area (Å²) in [6.07, 6.45) is 2.51. The van der Waals surface area contributed by atoms with Crippen LogP contribution in [0.1, 0.15) is 67.2 Å². The molecule has 0 saturated carbocycles. The molecule has 4 aromatic rings. The number of rotatable bonds is 5. The van der Waals surface area contributed by atoms with Crippen LogP contribution in [-0.2, 0) is 21.7 Å². The van der Waals surface area contributed by atoms with E-state index in [9.17, 15) is 14.7 Å². The van der Waals surface area contributed by atoms with Gasteiger partial charge < -0.3 is 9.63 Å². The summed E-state index contributed by atoms with van der Waals surface area (Å²) in [5, 5.41) is 18.7. The first-order valence-corrected chi connectivity index (χ1v) is 14.4. The third-order valence-electron chi connectivity index (χ3n) is 9.12. The van der Waals surface area contributed by atoms with Crippen LogP contribution in [0.25, 0.3) is 22.0 Å². The van der Waals surface area contributed by atoms with Crippen LogP contribution in [0.3, 0.4) is 0 Å². The zero-order valence-electron chi connectivity index (χ0n) is 24.3. The standard InChI is InChI=1S/C33H35FN4O4/c1-19-29(20(2)42-37-19)22-7-5-21(6-8-22)17-38-14-13-33(41,32(3,4)18-38)26-10-11-27-25(30(26)34)15-23(16-35-27)24-9-12-28(39)36-31(24)40/h5-8,10-11,15-16,24,41H,9,12-14,17-18H2,1-4H3,(H,36,39,40)/t24?,33-/m1/s1. The zero-order valence-corrected chi connectivity index (χ0v) is 24.3. The van der Waals surface area contributed by atoms with Crippen LogP contribution in [0.2, 0.25) is 0 Å². The summed E-state index contributed by atoms with van der Waals surface area (Å²) < 4.78 is 21.5. The van der Waals surface area contributed by atoms with Gasteiger partial charge in [-0.1, -0.05) is 49.3 Å². The summed E-state index contributed by atoms with van der Waals surface area (Å²) in [5.41, 5.74) is 3.27. The molecule has 2 aliphatic rings. The number of fused-ring (bicyclic) bond motifs is 1. The van der Waals surface area contributed by atoms with Crippen LogP contribution in [0, 0.1) is 25.1 Å². The molecule has 0 radical (unpaired) electrons. The van der Waals surface area contributed by atoms with Gasteiger partial charge in [0, 0.05) is 54.2 Å². The fourth-order valence-electron chi connectivity index (χ4n) is 6.69. The molecule has 0 aliphatic carbocycles. The van der Waals surface area contributed by atoms with Crippen LogP contribution in [0.5, 0.6) is 0 Å². The molecule has 2 N–H and O–H groups in total. The topological polar surface area (TPSA) is 109 Å². The maximum absolute atomic E-state index is 16.2. The van der Waals surface area contributed by atoms with Crippen LogP contribution in [0.4, 0.5) is 4.39 Å². The molecule has 0 bridgehead atoms. The number of aliphatic hydroxyl groups is 1. The fraction of sp³-hybridized carbons (Fsp3) is 0.394. The van der Waals surface area contributed by atoms with Crippen molar-refractivity contribution in [2.24, 2.45) is 5.41 Å². The van der Waals surface area contributed by atoms with Gasteiger partial charge in [0.1, 0.15) is 11.6 Å². The molecule has 8 nitrogen and oxygen atoms in total. The number of benzene rings is 2. The second-order valence-electron chi connectivity index (χ2n) is 12.4. The quantitative estimate of drug-likeness (QED) is 0.314. The highest BCUT2D eigenvalue weighted by molar-refractivity contribution is 6.01. The van der Waals surface area contributed by atoms with Crippen molar-refractivity contribution in [3.05, 3.63) is 82.6 Å². The molecular weight excluding hydrogens is 535 g/mol. The van der Waals surface area contributed by atoms with Gasteiger partial charge in [-0.05, 0) is 55.5 Å². The van der Waals surface area contributed by atoms with Crippen molar-refractivity contribution in [1.29, 1.82) is 0 Å². The third kappa shape index (κ3) is 4.80. The number of hydrogen-bond acceptors (Lipinski definition) is 7. The first-order chi connectivity index (χ1) is 20.0. The number of aromatic nitrogens is 2. The van der Waals surface area contributed by atoms with Gasteiger partial charge >= 0.3 is 0 Å². The molecule has 2 atom stereocenters. The van der Waals surface area contributed by atoms with E-state index in [1.165, 1.54) is 0 Å². The number of nitrogens with one attached hydrogen (secondary N) is 1. The minimum atomic E-state index is -1.40. The second kappa shape index (κ2) is 10.4. The van der Waals surface area contributed by atoms with Crippen molar-refractivity contribution in [3.8, 4) is 11.1 Å². The van der Waals surface area contributed by atoms with Gasteiger partial charge in [0.2, 0.25) is 11.8 Å². The summed E-state index contributed by atoms with van der Waals surface area (Å²) in [4.78, 5) is 30.7. The third-order valence-corrected chi connectivity index (χ3v) is 9.12. The summed E-state index contributed by atoms with van der Waals surface area (Å²) >= 11 is 0. The van der Waals surface area contributed by atoms with E-state index < -0.39 is 28.7 Å². The van der Waals surface area contributed by atoms with Crippen molar-refractivity contribution in [2.75, 3.05) is 13.1 Å². The molecule has 2 amide bonds. The lowest BCUT2D eigenvalue weighted by atomic mass is 9.66. The molecule has 218 valence electrons. The number of carbonyl (C=O) groups is 2. The predicted octanol–water partition coefficient (Wildman–Crippen LogP) is 5.29. The number of aryl methyl sites for hydroxylation is 2. The number of halogens is 1. The number of imide groups is 1. The molecule has 0 spiro atoms. The molecule has 42 heavy (non-hydrogen) atoms. The first kappa shape index (κ1) is 28.2. The second-order valence-corrected chi connectivity index (χ2v) is 12.4. The number of likely N-dealkylation sites (tertiary alicyclic amines) is 1. The molecular formula is C33H35FN4O4. The molecule has 2 aromatic heterocycles. The van der Waals surface area contributed by atoms with E-state index in [0.717, 1.165) is 28.1 Å². The number of carbonyl (C=O) groups excluding carboxylic acids is 2. The fourth-order valence-corrected chi connectivity index (χ4v) is 6.69. The number of amides is 2. The van der Waals surface area contributed by atoms with E-state index in [1.807, 2.05) is 27.7 Å². The highest BCUT2D eigenvalue weighted by Crippen LogP contribution is 2.48. The summed E-state index contributed by atoms with van der Waals surface area (Å²) in [7, 11) is 0. The van der Waals surface area contributed by atoms with E-state index in [2.05, 4.69) is 44.6 Å². The Morgan fingerprint density at radius 3 is 2.57 bits per heavy atom. The molecule has 1 unspecified atom stereocenters. The Kier molecular flexibility index (Phi) is 6.98. The minimum absolute atomic E-state index is 0.229. The number of piperidine rings is 2. The van der Waals surface area contributed by atoms with Crippen molar-refractivity contribution in [1.82, 2.24) is 20.4 Å². The van der Waals surface area contributed by atoms with Gasteiger partial charge in [0.25, 0.3) is 0 Å². The Labute approximate surface area is 243 Å². The molecule has 2 saturated heterocycles. The molecule has 9 heteroatoms. The molecule has 4 heterocycles. The molecule has 2 aromatic carbocycles. The van der Waals surface area contributed by atoms with Crippen LogP contribution in [-0.4, -0.2) is 45.1 Å².